The van der Waals surface area contributed by atoms with Gasteiger partial charge in [0.2, 0.25) is 0 Å². The van der Waals surface area contributed by atoms with Gasteiger partial charge < -0.3 is 25.5 Å². The number of ether oxygens (including phenoxy) is 1. The van der Waals surface area contributed by atoms with Crippen molar-refractivity contribution in [1.29, 1.82) is 0 Å². The van der Waals surface area contributed by atoms with Gasteiger partial charge in [-0.2, -0.15) is 0 Å². The Balaban J connectivity index is 1.20. The van der Waals surface area contributed by atoms with Crippen molar-refractivity contribution in [3.05, 3.63) is 134 Å². The predicted octanol–water partition coefficient (Wildman–Crippen LogP) is 5.90. The molecule has 5 aromatic rings. The third-order valence-corrected chi connectivity index (χ3v) is 6.68. The number of carbonyl (C=O) groups excluding carboxylic acids is 2. The molecule has 0 spiro atoms. The lowest BCUT2D eigenvalue weighted by molar-refractivity contribution is 0.0946. The number of fused-ring (bicyclic) bond motifs is 1. The zero-order valence-corrected chi connectivity index (χ0v) is 22.7. The van der Waals surface area contributed by atoms with Crippen LogP contribution in [0.1, 0.15) is 31.8 Å². The predicted molar refractivity (Wildman–Crippen MR) is 157 cm³/mol. The third-order valence-electron chi connectivity index (χ3n) is 6.15. The fourth-order valence-corrected chi connectivity index (χ4v) is 4.21. The summed E-state index contributed by atoms with van der Waals surface area (Å²) in [6, 6.07) is 28.1. The number of nitrogen functional groups attached to an aromatic ring is 1. The van der Waals surface area contributed by atoms with Crippen molar-refractivity contribution in [3.8, 4) is 5.75 Å². The largest absolute Gasteiger partial charge is 0.489 e. The van der Waals surface area contributed by atoms with Crippen LogP contribution >= 0.6 is 15.9 Å². The third kappa shape index (κ3) is 6.39. The van der Waals surface area contributed by atoms with E-state index in [-0.39, 0.29) is 18.0 Å². The first-order chi connectivity index (χ1) is 19.4. The summed E-state index contributed by atoms with van der Waals surface area (Å²) in [5.74, 6) is -0.322. The van der Waals surface area contributed by atoms with Crippen LogP contribution in [0, 0.1) is 0 Å². The number of nitrogens with one attached hydrogen (secondary N) is 2. The number of rotatable bonds is 8. The monoisotopic (exact) mass is 597 g/mol. The molecule has 0 atom stereocenters. The minimum absolute atomic E-state index is 0.104. The van der Waals surface area contributed by atoms with Crippen LogP contribution in [-0.2, 0) is 13.2 Å². The van der Waals surface area contributed by atoms with Gasteiger partial charge in [-0.05, 0) is 65.7 Å². The van der Waals surface area contributed by atoms with Crippen LogP contribution in [0.2, 0.25) is 0 Å². The number of nitrogens with two attached hydrogens (primary N) is 1. The van der Waals surface area contributed by atoms with E-state index in [1.165, 1.54) is 6.07 Å². The topological polar surface area (TPSA) is 124 Å². The summed E-state index contributed by atoms with van der Waals surface area (Å²) in [5.41, 5.74) is 8.53. The Labute approximate surface area is 237 Å². The zero-order valence-electron chi connectivity index (χ0n) is 21.1. The molecule has 1 aromatic heterocycles. The molecule has 8 nitrogen and oxygen atoms in total. The molecule has 9 heteroatoms. The molecule has 0 radical (unpaired) electrons. The summed E-state index contributed by atoms with van der Waals surface area (Å²) >= 11 is 3.40. The number of halogens is 1. The summed E-state index contributed by atoms with van der Waals surface area (Å²) in [4.78, 5) is 37.9. The van der Waals surface area contributed by atoms with E-state index in [4.69, 9.17) is 14.9 Å². The van der Waals surface area contributed by atoms with Crippen molar-refractivity contribution in [3.63, 3.8) is 0 Å². The summed E-state index contributed by atoms with van der Waals surface area (Å²) in [7, 11) is 0. The molecule has 0 aliphatic carbocycles. The maximum absolute atomic E-state index is 12.8. The van der Waals surface area contributed by atoms with Gasteiger partial charge in [0.1, 0.15) is 23.5 Å². The molecular formula is C31H24BrN3O5. The Hall–Kier alpha value is -4.89. The maximum Gasteiger partial charge on any atom is 0.349 e. The Morgan fingerprint density at radius 2 is 1.57 bits per heavy atom. The number of benzene rings is 4. The maximum atomic E-state index is 12.8. The zero-order chi connectivity index (χ0) is 28.1. The molecule has 5 rings (SSSR count). The van der Waals surface area contributed by atoms with Gasteiger partial charge >= 0.3 is 5.63 Å². The van der Waals surface area contributed by atoms with E-state index >= 15 is 0 Å². The van der Waals surface area contributed by atoms with Gasteiger partial charge in [0.25, 0.3) is 11.8 Å². The summed E-state index contributed by atoms with van der Waals surface area (Å²) in [6.07, 6.45) is 0. The summed E-state index contributed by atoms with van der Waals surface area (Å²) in [5, 5.41) is 6.09. The molecule has 1 heterocycles. The van der Waals surface area contributed by atoms with Gasteiger partial charge in [-0.3, -0.25) is 9.59 Å². The Morgan fingerprint density at radius 3 is 2.33 bits per heavy atom. The number of anilines is 2. The van der Waals surface area contributed by atoms with Gasteiger partial charge in [-0.25, -0.2) is 4.79 Å². The molecule has 0 saturated heterocycles. The first-order valence-corrected chi connectivity index (χ1v) is 13.1. The minimum atomic E-state index is -0.748. The van der Waals surface area contributed by atoms with E-state index in [2.05, 4.69) is 26.6 Å². The molecule has 4 aromatic carbocycles. The Bertz CT molecular complexity index is 1750. The average Bonchev–Trinajstić information content (AvgIpc) is 2.96. The Kier molecular flexibility index (Phi) is 7.93. The van der Waals surface area contributed by atoms with Crippen molar-refractivity contribution >= 4 is 50.1 Å². The smallest absolute Gasteiger partial charge is 0.349 e. The highest BCUT2D eigenvalue weighted by atomic mass is 79.9. The second-order valence-electron chi connectivity index (χ2n) is 8.98. The van der Waals surface area contributed by atoms with Crippen LogP contribution in [0.3, 0.4) is 0 Å². The molecule has 0 bridgehead atoms. The average molecular weight is 598 g/mol. The number of hydrogen-bond acceptors (Lipinski definition) is 6. The van der Waals surface area contributed by atoms with E-state index < -0.39 is 11.5 Å². The van der Waals surface area contributed by atoms with E-state index in [0.29, 0.717) is 40.3 Å². The van der Waals surface area contributed by atoms with Gasteiger partial charge in [0.05, 0.1) is 11.4 Å². The minimum Gasteiger partial charge on any atom is -0.489 e. The van der Waals surface area contributed by atoms with Gasteiger partial charge in [0.15, 0.2) is 0 Å². The van der Waals surface area contributed by atoms with E-state index in [1.54, 1.807) is 66.7 Å². The van der Waals surface area contributed by atoms with Crippen LogP contribution in [0.5, 0.6) is 5.75 Å². The van der Waals surface area contributed by atoms with Crippen LogP contribution in [0.25, 0.3) is 11.0 Å². The molecule has 0 saturated carbocycles. The molecule has 0 aliphatic heterocycles. The van der Waals surface area contributed by atoms with Crippen LogP contribution in [-0.4, -0.2) is 11.8 Å². The first-order valence-electron chi connectivity index (χ1n) is 12.3. The van der Waals surface area contributed by atoms with Gasteiger partial charge in [-0.1, -0.05) is 52.3 Å². The van der Waals surface area contributed by atoms with Crippen LogP contribution < -0.4 is 26.7 Å². The van der Waals surface area contributed by atoms with E-state index in [0.717, 1.165) is 15.6 Å². The molecule has 4 N–H and O–H groups in total. The Morgan fingerprint density at radius 1 is 0.850 bits per heavy atom. The van der Waals surface area contributed by atoms with E-state index in [9.17, 15) is 14.4 Å². The fraction of sp³-hybridized carbons (Fsp3) is 0.0645. The van der Waals surface area contributed by atoms with Crippen molar-refractivity contribution < 1.29 is 18.7 Å². The first kappa shape index (κ1) is 26.7. The summed E-state index contributed by atoms with van der Waals surface area (Å²) < 4.78 is 12.2. The molecular weight excluding hydrogens is 574 g/mol. The number of para-hydroxylation sites is 2. The van der Waals surface area contributed by atoms with Crippen molar-refractivity contribution in [1.82, 2.24) is 5.32 Å². The van der Waals surface area contributed by atoms with Crippen LogP contribution in [0.15, 0.2) is 111 Å². The number of carbonyl (C=O) groups is 2. The standard InChI is InChI=1S/C31H24BrN3O5/c32-23-12-7-20(8-13-23)18-39-24-14-11-22-15-25(31(38)40-28(22)16-24)30(37)34-17-19-5-9-21(10-6-19)29(36)35-27-4-2-1-3-26(27)33/h1-16H,17-18,33H2,(H,34,37)(H,35,36). The van der Waals surface area contributed by atoms with Crippen molar-refractivity contribution in [2.45, 2.75) is 13.2 Å². The number of hydrogen-bond donors (Lipinski definition) is 3. The second kappa shape index (κ2) is 11.9. The quantitative estimate of drug-likeness (QED) is 0.151. The molecule has 2 amide bonds. The van der Waals surface area contributed by atoms with E-state index in [1.807, 2.05) is 24.3 Å². The lowest BCUT2D eigenvalue weighted by Crippen LogP contribution is -2.27. The van der Waals surface area contributed by atoms with Gasteiger partial charge in [-0.15, -0.1) is 0 Å². The fourth-order valence-electron chi connectivity index (χ4n) is 3.94. The highest BCUT2D eigenvalue weighted by molar-refractivity contribution is 9.10. The normalized spacial score (nSPS) is 10.7. The lowest BCUT2D eigenvalue weighted by atomic mass is 10.1. The highest BCUT2D eigenvalue weighted by Gasteiger charge is 2.15. The summed E-state index contributed by atoms with van der Waals surface area (Å²) in [6.45, 7) is 0.517. The van der Waals surface area contributed by atoms with Crippen molar-refractivity contribution in [2.24, 2.45) is 0 Å². The van der Waals surface area contributed by atoms with Crippen LogP contribution in [0.4, 0.5) is 11.4 Å². The lowest BCUT2D eigenvalue weighted by Gasteiger charge is -2.09. The highest BCUT2D eigenvalue weighted by Crippen LogP contribution is 2.22. The van der Waals surface area contributed by atoms with Gasteiger partial charge in [0, 0.05) is 28.0 Å². The second-order valence-corrected chi connectivity index (χ2v) is 9.90. The molecule has 0 fully saturated rings. The molecule has 0 unspecified atom stereocenters. The molecule has 40 heavy (non-hydrogen) atoms. The SMILES string of the molecule is Nc1ccccc1NC(=O)c1ccc(CNC(=O)c2cc3ccc(OCc4ccc(Br)cc4)cc3oc2=O)cc1. The van der Waals surface area contributed by atoms with Crippen molar-refractivity contribution in [2.75, 3.05) is 11.1 Å². The molecule has 0 aliphatic rings. The molecule has 200 valence electrons. The number of amides is 2.